The second kappa shape index (κ2) is 7.90. The molecule has 0 aliphatic heterocycles. The van der Waals surface area contributed by atoms with Crippen LogP contribution in [-0.4, -0.2) is 31.4 Å². The van der Waals surface area contributed by atoms with Crippen LogP contribution in [0, 0.1) is 0 Å². The van der Waals surface area contributed by atoms with Gasteiger partial charge in [0.15, 0.2) is 0 Å². The summed E-state index contributed by atoms with van der Waals surface area (Å²) in [6.45, 7) is 0. The number of amides is 1. The summed E-state index contributed by atoms with van der Waals surface area (Å²) in [6, 6.07) is 7.60. The molecule has 2 rings (SSSR count). The fourth-order valence-corrected chi connectivity index (χ4v) is 2.36. The van der Waals surface area contributed by atoms with Crippen LogP contribution in [-0.2, 0) is 0 Å². The molecule has 2 aromatic carbocycles. The van der Waals surface area contributed by atoms with Crippen molar-refractivity contribution in [3.8, 4) is 17.2 Å². The van der Waals surface area contributed by atoms with Crippen molar-refractivity contribution < 1.29 is 19.4 Å². The summed E-state index contributed by atoms with van der Waals surface area (Å²) in [6.07, 6.45) is 1.24. The molecular weight excluding hydrogens is 355 g/mol. The molecule has 0 spiro atoms. The zero-order valence-corrected chi connectivity index (χ0v) is 14.4. The van der Waals surface area contributed by atoms with Crippen LogP contribution < -0.4 is 14.9 Å². The first kappa shape index (κ1) is 17.9. The van der Waals surface area contributed by atoms with Crippen molar-refractivity contribution in [3.63, 3.8) is 0 Å². The molecule has 0 atom stereocenters. The van der Waals surface area contributed by atoms with Gasteiger partial charge in [0.25, 0.3) is 5.91 Å². The molecule has 0 unspecified atom stereocenters. The molecule has 0 radical (unpaired) electrons. The van der Waals surface area contributed by atoms with E-state index in [-0.39, 0.29) is 16.3 Å². The van der Waals surface area contributed by atoms with Gasteiger partial charge in [0.1, 0.15) is 17.2 Å². The maximum atomic E-state index is 12.1. The molecular formula is C16H14Cl2N2O4. The van der Waals surface area contributed by atoms with Gasteiger partial charge in [-0.15, -0.1) is 0 Å². The lowest BCUT2D eigenvalue weighted by molar-refractivity contribution is 0.0954. The number of halogens is 2. The van der Waals surface area contributed by atoms with Gasteiger partial charge in [-0.3, -0.25) is 4.79 Å². The summed E-state index contributed by atoms with van der Waals surface area (Å²) >= 11 is 11.7. The van der Waals surface area contributed by atoms with Crippen LogP contribution in [0.1, 0.15) is 15.9 Å². The number of methoxy groups -OCH3 is 2. The first-order valence-corrected chi connectivity index (χ1v) is 7.44. The fraction of sp³-hybridized carbons (Fsp3) is 0.125. The number of hydrogen-bond donors (Lipinski definition) is 2. The van der Waals surface area contributed by atoms with E-state index in [1.807, 2.05) is 0 Å². The third-order valence-corrected chi connectivity index (χ3v) is 3.55. The molecule has 8 heteroatoms. The van der Waals surface area contributed by atoms with E-state index in [1.165, 1.54) is 32.6 Å². The van der Waals surface area contributed by atoms with Crippen molar-refractivity contribution in [2.45, 2.75) is 0 Å². The minimum atomic E-state index is -0.476. The molecule has 126 valence electrons. The van der Waals surface area contributed by atoms with Gasteiger partial charge >= 0.3 is 0 Å². The highest BCUT2D eigenvalue weighted by molar-refractivity contribution is 6.36. The number of phenols is 1. The quantitative estimate of drug-likeness (QED) is 0.625. The summed E-state index contributed by atoms with van der Waals surface area (Å²) < 4.78 is 10.2. The zero-order chi connectivity index (χ0) is 17.7. The number of nitrogens with one attached hydrogen (secondary N) is 1. The Labute approximate surface area is 148 Å². The number of rotatable bonds is 5. The molecule has 6 nitrogen and oxygen atoms in total. The van der Waals surface area contributed by atoms with E-state index in [0.29, 0.717) is 22.1 Å². The van der Waals surface area contributed by atoms with E-state index in [9.17, 15) is 9.90 Å². The lowest BCUT2D eigenvalue weighted by atomic mass is 10.2. The summed E-state index contributed by atoms with van der Waals surface area (Å²) in [4.78, 5) is 12.1. The molecule has 0 saturated carbocycles. The summed E-state index contributed by atoms with van der Waals surface area (Å²) in [5, 5.41) is 14.0. The van der Waals surface area contributed by atoms with E-state index >= 15 is 0 Å². The van der Waals surface area contributed by atoms with Crippen molar-refractivity contribution in [3.05, 3.63) is 51.5 Å². The van der Waals surface area contributed by atoms with Crippen molar-refractivity contribution in [1.29, 1.82) is 0 Å². The van der Waals surface area contributed by atoms with Gasteiger partial charge in [-0.05, 0) is 24.3 Å². The maximum Gasteiger partial charge on any atom is 0.271 e. The molecule has 0 aromatic heterocycles. The number of phenolic OH excluding ortho intramolecular Hbond substituents is 1. The Balaban J connectivity index is 2.16. The summed E-state index contributed by atoms with van der Waals surface area (Å²) in [5.41, 5.74) is 2.91. The van der Waals surface area contributed by atoms with Crippen molar-refractivity contribution in [2.24, 2.45) is 5.10 Å². The molecule has 0 saturated heterocycles. The number of ether oxygens (including phenoxy) is 2. The van der Waals surface area contributed by atoms with Crippen LogP contribution in [0.5, 0.6) is 17.2 Å². The predicted octanol–water partition coefficient (Wildman–Crippen LogP) is 3.48. The topological polar surface area (TPSA) is 80.2 Å². The normalized spacial score (nSPS) is 10.7. The molecule has 0 aliphatic rings. The molecule has 2 N–H and O–H groups in total. The first-order chi connectivity index (χ1) is 11.4. The zero-order valence-electron chi connectivity index (χ0n) is 12.8. The van der Waals surface area contributed by atoms with Crippen LogP contribution >= 0.6 is 23.2 Å². The van der Waals surface area contributed by atoms with Gasteiger partial charge in [-0.25, -0.2) is 5.43 Å². The van der Waals surface area contributed by atoms with E-state index in [4.69, 9.17) is 32.7 Å². The van der Waals surface area contributed by atoms with Gasteiger partial charge in [0, 0.05) is 22.2 Å². The number of hydrogen-bond acceptors (Lipinski definition) is 5. The van der Waals surface area contributed by atoms with Crippen LogP contribution in [0.4, 0.5) is 0 Å². The average Bonchev–Trinajstić information content (AvgIpc) is 2.58. The number of benzene rings is 2. The van der Waals surface area contributed by atoms with E-state index in [2.05, 4.69) is 10.5 Å². The van der Waals surface area contributed by atoms with Crippen molar-refractivity contribution >= 4 is 35.3 Å². The van der Waals surface area contributed by atoms with Crippen LogP contribution in [0.25, 0.3) is 0 Å². The Hall–Kier alpha value is -2.44. The SMILES string of the molecule is COc1cc(OC)cc(C(=O)N/N=C\c2cc(Cl)cc(Cl)c2O)c1. The number of carbonyl (C=O) groups is 1. The van der Waals surface area contributed by atoms with E-state index in [1.54, 1.807) is 18.2 Å². The van der Waals surface area contributed by atoms with Crippen LogP contribution in [0.15, 0.2) is 35.4 Å². The lowest BCUT2D eigenvalue weighted by Gasteiger charge is -2.07. The molecule has 1 amide bonds. The van der Waals surface area contributed by atoms with Gasteiger partial charge in [0.05, 0.1) is 25.5 Å². The maximum absolute atomic E-state index is 12.1. The van der Waals surface area contributed by atoms with Gasteiger partial charge in [-0.2, -0.15) is 5.10 Å². The first-order valence-electron chi connectivity index (χ1n) is 6.69. The fourth-order valence-electron chi connectivity index (χ4n) is 1.85. The van der Waals surface area contributed by atoms with E-state index in [0.717, 1.165) is 0 Å². The van der Waals surface area contributed by atoms with Gasteiger partial charge < -0.3 is 14.6 Å². The molecule has 0 aliphatic carbocycles. The molecule has 0 heterocycles. The highest BCUT2D eigenvalue weighted by Gasteiger charge is 2.10. The Morgan fingerprint density at radius 1 is 1.12 bits per heavy atom. The highest BCUT2D eigenvalue weighted by Crippen LogP contribution is 2.30. The predicted molar refractivity (Wildman–Crippen MR) is 92.7 cm³/mol. The number of carbonyl (C=O) groups excluding carboxylic acids is 1. The smallest absolute Gasteiger partial charge is 0.271 e. The Kier molecular flexibility index (Phi) is 5.89. The molecule has 0 bridgehead atoms. The third kappa shape index (κ3) is 4.31. The summed E-state index contributed by atoms with van der Waals surface area (Å²) in [7, 11) is 2.97. The monoisotopic (exact) mass is 368 g/mol. The standard InChI is InChI=1S/C16H14Cl2N2O4/c1-23-12-4-9(5-13(7-12)24-2)16(22)20-19-8-10-3-11(17)6-14(18)15(10)21/h3-8,21H,1-2H3,(H,20,22)/b19-8-. The largest absolute Gasteiger partial charge is 0.506 e. The number of nitrogens with zero attached hydrogens (tertiary/aromatic N) is 1. The Morgan fingerprint density at radius 3 is 2.33 bits per heavy atom. The van der Waals surface area contributed by atoms with Gasteiger partial charge in [0.2, 0.25) is 0 Å². The third-order valence-electron chi connectivity index (χ3n) is 3.04. The second-order valence-corrected chi connectivity index (χ2v) is 5.47. The van der Waals surface area contributed by atoms with Crippen LogP contribution in [0.3, 0.4) is 0 Å². The van der Waals surface area contributed by atoms with Gasteiger partial charge in [-0.1, -0.05) is 23.2 Å². The Bertz CT molecular complexity index is 772. The van der Waals surface area contributed by atoms with Crippen LogP contribution in [0.2, 0.25) is 10.0 Å². The lowest BCUT2D eigenvalue weighted by Crippen LogP contribution is -2.17. The second-order valence-electron chi connectivity index (χ2n) is 4.63. The minimum Gasteiger partial charge on any atom is -0.506 e. The molecule has 0 fully saturated rings. The van der Waals surface area contributed by atoms with E-state index < -0.39 is 5.91 Å². The molecule has 2 aromatic rings. The molecule has 24 heavy (non-hydrogen) atoms. The Morgan fingerprint density at radius 2 is 1.75 bits per heavy atom. The van der Waals surface area contributed by atoms with Crippen molar-refractivity contribution in [1.82, 2.24) is 5.43 Å². The minimum absolute atomic E-state index is 0.0906. The highest BCUT2D eigenvalue weighted by atomic mass is 35.5. The average molecular weight is 369 g/mol. The van der Waals surface area contributed by atoms with Crippen molar-refractivity contribution in [2.75, 3.05) is 14.2 Å². The number of hydrazone groups is 1. The number of aromatic hydroxyl groups is 1. The summed E-state index contributed by atoms with van der Waals surface area (Å²) in [5.74, 6) is 0.295.